The van der Waals surface area contributed by atoms with Gasteiger partial charge >= 0.3 is 0 Å². The molecule has 1 atom stereocenters. The predicted octanol–water partition coefficient (Wildman–Crippen LogP) is 4.54. The zero-order valence-electron chi connectivity index (χ0n) is 14.4. The molecule has 4 heteroatoms. The molecule has 3 nitrogen and oxygen atoms in total. The van der Waals surface area contributed by atoms with Crippen LogP contribution in [0, 0.1) is 0 Å². The van der Waals surface area contributed by atoms with E-state index in [1.165, 1.54) is 16.1 Å². The summed E-state index contributed by atoms with van der Waals surface area (Å²) >= 11 is 1.76. The highest BCUT2D eigenvalue weighted by atomic mass is 32.2. The number of benzene rings is 2. The third-order valence-electron chi connectivity index (χ3n) is 4.68. The van der Waals surface area contributed by atoms with Crippen molar-refractivity contribution in [2.24, 2.45) is 0 Å². The van der Waals surface area contributed by atoms with Crippen LogP contribution in [0.3, 0.4) is 0 Å². The van der Waals surface area contributed by atoms with Crippen molar-refractivity contribution in [2.75, 3.05) is 29.6 Å². The number of aliphatic hydroxyl groups is 1. The van der Waals surface area contributed by atoms with Gasteiger partial charge in [-0.15, -0.1) is 11.8 Å². The molecule has 3 rings (SSSR count). The number of nitrogens with zero attached hydrogens (tertiary/aromatic N) is 1. The molecule has 0 bridgehead atoms. The molecule has 0 aromatic heterocycles. The SMILES string of the molecule is CSc1cccc(NC(C)c2ccc(N3CCC(O)CC3)cc2)c1. The third kappa shape index (κ3) is 4.25. The van der Waals surface area contributed by atoms with Crippen LogP contribution in [0.5, 0.6) is 0 Å². The number of anilines is 2. The first-order chi connectivity index (χ1) is 11.7. The maximum atomic E-state index is 9.63. The molecule has 24 heavy (non-hydrogen) atoms. The van der Waals surface area contributed by atoms with Gasteiger partial charge in [-0.1, -0.05) is 18.2 Å². The van der Waals surface area contributed by atoms with E-state index in [2.05, 4.69) is 71.9 Å². The second-order valence-corrected chi connectivity index (χ2v) is 7.29. The Bertz CT molecular complexity index is 651. The van der Waals surface area contributed by atoms with Crippen molar-refractivity contribution >= 4 is 23.1 Å². The van der Waals surface area contributed by atoms with Crippen LogP contribution < -0.4 is 10.2 Å². The Kier molecular flexibility index (Phi) is 5.69. The van der Waals surface area contributed by atoms with Crippen LogP contribution in [-0.4, -0.2) is 30.6 Å². The van der Waals surface area contributed by atoms with Crippen LogP contribution in [0.1, 0.15) is 31.4 Å². The monoisotopic (exact) mass is 342 g/mol. The highest BCUT2D eigenvalue weighted by Gasteiger charge is 2.17. The fourth-order valence-electron chi connectivity index (χ4n) is 3.14. The quantitative estimate of drug-likeness (QED) is 0.782. The predicted molar refractivity (Wildman–Crippen MR) is 104 cm³/mol. The average molecular weight is 343 g/mol. The molecule has 2 N–H and O–H groups in total. The molecule has 1 saturated heterocycles. The topological polar surface area (TPSA) is 35.5 Å². The van der Waals surface area contributed by atoms with Gasteiger partial charge in [0.25, 0.3) is 0 Å². The smallest absolute Gasteiger partial charge is 0.0574 e. The number of rotatable bonds is 5. The van der Waals surface area contributed by atoms with Crippen LogP contribution in [-0.2, 0) is 0 Å². The zero-order chi connectivity index (χ0) is 16.9. The maximum absolute atomic E-state index is 9.63. The van der Waals surface area contributed by atoms with Gasteiger partial charge in [-0.3, -0.25) is 0 Å². The Hall–Kier alpha value is -1.65. The molecule has 2 aromatic rings. The van der Waals surface area contributed by atoms with Gasteiger partial charge in [-0.25, -0.2) is 0 Å². The molecule has 0 radical (unpaired) electrons. The summed E-state index contributed by atoms with van der Waals surface area (Å²) in [4.78, 5) is 3.63. The summed E-state index contributed by atoms with van der Waals surface area (Å²) < 4.78 is 0. The number of thioether (sulfide) groups is 1. The molecule has 2 aromatic carbocycles. The fourth-order valence-corrected chi connectivity index (χ4v) is 3.60. The maximum Gasteiger partial charge on any atom is 0.0574 e. The summed E-state index contributed by atoms with van der Waals surface area (Å²) in [5.74, 6) is 0. The Morgan fingerprint density at radius 3 is 2.50 bits per heavy atom. The normalized spacial score (nSPS) is 16.9. The Labute approximate surface area is 149 Å². The number of nitrogens with one attached hydrogen (secondary N) is 1. The van der Waals surface area contributed by atoms with E-state index in [1.54, 1.807) is 11.8 Å². The first kappa shape index (κ1) is 17.2. The molecule has 0 amide bonds. The lowest BCUT2D eigenvalue weighted by Crippen LogP contribution is -2.35. The first-order valence-corrected chi connectivity index (χ1v) is 9.82. The molecular formula is C20H26N2OS. The summed E-state index contributed by atoms with van der Waals surface area (Å²) in [6, 6.07) is 17.6. The summed E-state index contributed by atoms with van der Waals surface area (Å²) in [6.45, 7) is 4.07. The highest BCUT2D eigenvalue weighted by molar-refractivity contribution is 7.98. The van der Waals surface area contributed by atoms with Crippen molar-refractivity contribution in [2.45, 2.75) is 36.8 Å². The lowest BCUT2D eigenvalue weighted by atomic mass is 10.0. The molecule has 0 saturated carbocycles. The van der Waals surface area contributed by atoms with Crippen molar-refractivity contribution in [1.29, 1.82) is 0 Å². The molecule has 1 aliphatic heterocycles. The van der Waals surface area contributed by atoms with E-state index >= 15 is 0 Å². The number of hydrogen-bond donors (Lipinski definition) is 2. The second kappa shape index (κ2) is 7.95. The van der Waals surface area contributed by atoms with Crippen molar-refractivity contribution in [3.63, 3.8) is 0 Å². The summed E-state index contributed by atoms with van der Waals surface area (Å²) in [5.41, 5.74) is 3.69. The van der Waals surface area contributed by atoms with Gasteiger partial charge < -0.3 is 15.3 Å². The van der Waals surface area contributed by atoms with Crippen LogP contribution in [0.2, 0.25) is 0 Å². The van der Waals surface area contributed by atoms with E-state index < -0.39 is 0 Å². The van der Waals surface area contributed by atoms with E-state index in [0.717, 1.165) is 31.6 Å². The van der Waals surface area contributed by atoms with E-state index in [4.69, 9.17) is 0 Å². The average Bonchev–Trinajstić information content (AvgIpc) is 2.62. The van der Waals surface area contributed by atoms with E-state index in [9.17, 15) is 5.11 Å². The van der Waals surface area contributed by atoms with Gasteiger partial charge in [0, 0.05) is 35.4 Å². The zero-order valence-corrected chi connectivity index (χ0v) is 15.2. The Morgan fingerprint density at radius 1 is 1.12 bits per heavy atom. The van der Waals surface area contributed by atoms with Crippen LogP contribution in [0.15, 0.2) is 53.4 Å². The molecule has 1 fully saturated rings. The van der Waals surface area contributed by atoms with Gasteiger partial charge in [-0.05, 0) is 61.9 Å². The molecule has 128 valence electrons. The standard InChI is InChI=1S/C20H26N2OS/c1-15(21-17-4-3-5-20(14-17)24-2)16-6-8-18(9-7-16)22-12-10-19(23)11-13-22/h3-9,14-15,19,21,23H,10-13H2,1-2H3. The minimum Gasteiger partial charge on any atom is -0.393 e. The fraction of sp³-hybridized carbons (Fsp3) is 0.400. The molecule has 0 aliphatic carbocycles. The molecule has 0 spiro atoms. The van der Waals surface area contributed by atoms with Crippen molar-refractivity contribution in [3.05, 3.63) is 54.1 Å². The van der Waals surface area contributed by atoms with E-state index in [1.807, 2.05) is 0 Å². The molecule has 1 heterocycles. The van der Waals surface area contributed by atoms with Gasteiger partial charge in [0.05, 0.1) is 6.10 Å². The summed E-state index contributed by atoms with van der Waals surface area (Å²) in [7, 11) is 0. The Morgan fingerprint density at radius 2 is 1.83 bits per heavy atom. The van der Waals surface area contributed by atoms with Crippen LogP contribution >= 0.6 is 11.8 Å². The lowest BCUT2D eigenvalue weighted by Gasteiger charge is -2.31. The second-order valence-electron chi connectivity index (χ2n) is 6.41. The number of hydrogen-bond acceptors (Lipinski definition) is 4. The number of aliphatic hydroxyl groups excluding tert-OH is 1. The van der Waals surface area contributed by atoms with Gasteiger partial charge in [0.15, 0.2) is 0 Å². The lowest BCUT2D eigenvalue weighted by molar-refractivity contribution is 0.145. The minimum atomic E-state index is -0.123. The van der Waals surface area contributed by atoms with Crippen molar-refractivity contribution in [1.82, 2.24) is 0 Å². The molecular weight excluding hydrogens is 316 g/mol. The molecule has 1 unspecified atom stereocenters. The van der Waals surface area contributed by atoms with E-state index in [0.29, 0.717) is 0 Å². The summed E-state index contributed by atoms with van der Waals surface area (Å²) in [5, 5.41) is 13.2. The van der Waals surface area contributed by atoms with Crippen LogP contribution in [0.25, 0.3) is 0 Å². The highest BCUT2D eigenvalue weighted by Crippen LogP contribution is 2.26. The van der Waals surface area contributed by atoms with Crippen LogP contribution in [0.4, 0.5) is 11.4 Å². The van der Waals surface area contributed by atoms with Crippen molar-refractivity contribution in [3.8, 4) is 0 Å². The van der Waals surface area contributed by atoms with E-state index in [-0.39, 0.29) is 12.1 Å². The Balaban J connectivity index is 1.64. The van der Waals surface area contributed by atoms with Gasteiger partial charge in [0.1, 0.15) is 0 Å². The molecule has 1 aliphatic rings. The van der Waals surface area contributed by atoms with Crippen molar-refractivity contribution < 1.29 is 5.11 Å². The summed E-state index contributed by atoms with van der Waals surface area (Å²) in [6.07, 6.45) is 3.71. The largest absolute Gasteiger partial charge is 0.393 e. The first-order valence-electron chi connectivity index (χ1n) is 8.59. The van der Waals surface area contributed by atoms with Gasteiger partial charge in [-0.2, -0.15) is 0 Å². The number of piperidine rings is 1. The third-order valence-corrected chi connectivity index (χ3v) is 5.40. The minimum absolute atomic E-state index is 0.123. The van der Waals surface area contributed by atoms with Gasteiger partial charge in [0.2, 0.25) is 0 Å².